The Labute approximate surface area is 86.9 Å². The van der Waals surface area contributed by atoms with Gasteiger partial charge in [0.1, 0.15) is 0 Å². The van der Waals surface area contributed by atoms with Crippen molar-refractivity contribution in [3.63, 3.8) is 0 Å². The first kappa shape index (κ1) is 11.0. The van der Waals surface area contributed by atoms with Gasteiger partial charge in [0.15, 0.2) is 0 Å². The minimum atomic E-state index is 0.0254. The lowest BCUT2D eigenvalue weighted by Gasteiger charge is -2.08. The lowest BCUT2D eigenvalue weighted by atomic mass is 9.99. The van der Waals surface area contributed by atoms with Gasteiger partial charge in [-0.1, -0.05) is 26.8 Å². The van der Waals surface area contributed by atoms with Crippen molar-refractivity contribution in [2.24, 2.45) is 10.4 Å². The van der Waals surface area contributed by atoms with Crippen LogP contribution >= 0.6 is 0 Å². The van der Waals surface area contributed by atoms with Crippen LogP contribution in [0.5, 0.6) is 0 Å². The molecule has 14 heavy (non-hydrogen) atoms. The van der Waals surface area contributed by atoms with Crippen molar-refractivity contribution in [1.29, 1.82) is 0 Å². The maximum atomic E-state index is 4.35. The molecule has 1 rings (SSSR count). The fourth-order valence-corrected chi connectivity index (χ4v) is 1.25. The molecule has 0 aromatic heterocycles. The maximum absolute atomic E-state index is 4.35. The monoisotopic (exact) mass is 188 g/mol. The summed E-state index contributed by atoms with van der Waals surface area (Å²) < 4.78 is 0. The highest BCUT2D eigenvalue weighted by Crippen LogP contribution is 2.18. The first-order valence-corrected chi connectivity index (χ1v) is 4.93. The van der Waals surface area contributed by atoms with Gasteiger partial charge in [0, 0.05) is 5.41 Å². The van der Waals surface area contributed by atoms with E-state index in [1.54, 1.807) is 0 Å². The van der Waals surface area contributed by atoms with E-state index < -0.39 is 0 Å². The van der Waals surface area contributed by atoms with Gasteiger partial charge in [-0.05, 0) is 37.1 Å². The fraction of sp³-hybridized carbons (Fsp3) is 0.462. The highest BCUT2D eigenvalue weighted by Gasteiger charge is 2.06. The number of hydrogen-bond acceptors (Lipinski definition) is 1. The number of aliphatic imine (C=N–C) groups is 1. The van der Waals surface area contributed by atoms with Crippen LogP contribution in [-0.2, 0) is 0 Å². The van der Waals surface area contributed by atoms with E-state index in [1.807, 2.05) is 0 Å². The van der Waals surface area contributed by atoms with E-state index in [2.05, 4.69) is 64.0 Å². The zero-order valence-corrected chi connectivity index (χ0v) is 9.68. The number of rotatable bonds is 1. The van der Waals surface area contributed by atoms with Gasteiger partial charge in [-0.15, -0.1) is 0 Å². The van der Waals surface area contributed by atoms with E-state index in [4.69, 9.17) is 0 Å². The second-order valence-corrected chi connectivity index (χ2v) is 4.82. The number of benzene rings is 1. The second kappa shape index (κ2) is 3.95. The Balaban J connectivity index is 2.92. The highest BCUT2D eigenvalue weighted by molar-refractivity contribution is 5.68. The first-order chi connectivity index (χ1) is 6.37. The van der Waals surface area contributed by atoms with Crippen molar-refractivity contribution >= 4 is 11.9 Å². The van der Waals surface area contributed by atoms with E-state index in [-0.39, 0.29) is 5.41 Å². The normalized spacial score (nSPS) is 12.4. The summed E-state index contributed by atoms with van der Waals surface area (Å²) in [5.41, 5.74) is 3.52. The van der Waals surface area contributed by atoms with Crippen LogP contribution in [0.3, 0.4) is 0 Å². The van der Waals surface area contributed by atoms with Crippen molar-refractivity contribution in [2.45, 2.75) is 34.6 Å². The molecular formula is C13H18N. The van der Waals surface area contributed by atoms with E-state index in [0.29, 0.717) is 0 Å². The molecule has 1 nitrogen and oxygen atoms in total. The Bertz CT molecular complexity index is 322. The smallest absolute Gasteiger partial charge is 0.0684 e. The molecule has 0 bridgehead atoms. The van der Waals surface area contributed by atoms with Crippen molar-refractivity contribution in [3.8, 4) is 0 Å². The van der Waals surface area contributed by atoms with E-state index in [9.17, 15) is 0 Å². The van der Waals surface area contributed by atoms with Crippen LogP contribution < -0.4 is 0 Å². The summed E-state index contributed by atoms with van der Waals surface area (Å²) in [4.78, 5) is 4.35. The average Bonchev–Trinajstić information content (AvgIpc) is 1.97. The van der Waals surface area contributed by atoms with Gasteiger partial charge < -0.3 is 0 Å². The zero-order chi connectivity index (χ0) is 10.8. The predicted octanol–water partition coefficient (Wildman–Crippen LogP) is 3.93. The molecule has 0 unspecified atom stereocenters. The Kier molecular flexibility index (Phi) is 3.10. The van der Waals surface area contributed by atoms with Crippen LogP contribution in [-0.4, -0.2) is 6.21 Å². The molecule has 0 aliphatic rings. The average molecular weight is 188 g/mol. The van der Waals surface area contributed by atoms with Gasteiger partial charge in [0.2, 0.25) is 0 Å². The Hall–Kier alpha value is -1.11. The standard InChI is InChI=1S/C13H18N/c1-10-6-11(2)8-12(7-10)14-9-13(3,4)5/h6-8H,1-5H3. The molecular weight excluding hydrogens is 170 g/mol. The summed E-state index contributed by atoms with van der Waals surface area (Å²) in [6.45, 7) is 10.5. The molecule has 0 saturated heterocycles. The summed E-state index contributed by atoms with van der Waals surface area (Å²) in [5.74, 6) is 0. The predicted molar refractivity (Wildman–Crippen MR) is 62.5 cm³/mol. The number of aryl methyl sites for hydroxylation is 2. The van der Waals surface area contributed by atoms with Gasteiger partial charge in [0.05, 0.1) is 11.9 Å². The number of nitrogens with zero attached hydrogens (tertiary/aromatic N) is 1. The molecule has 0 fully saturated rings. The number of hydrogen-bond donors (Lipinski definition) is 0. The molecule has 1 aromatic rings. The SMILES string of the molecule is Cc1cc(C)cc(N=[C]C(C)(C)C)c1. The van der Waals surface area contributed by atoms with Gasteiger partial charge in [-0.25, -0.2) is 0 Å². The molecule has 0 heterocycles. The Morgan fingerprint density at radius 2 is 1.50 bits per heavy atom. The van der Waals surface area contributed by atoms with Crippen molar-refractivity contribution in [3.05, 3.63) is 29.3 Å². The molecule has 0 spiro atoms. The van der Waals surface area contributed by atoms with Crippen LogP contribution in [0.25, 0.3) is 0 Å². The van der Waals surface area contributed by atoms with E-state index in [0.717, 1.165) is 5.69 Å². The van der Waals surface area contributed by atoms with E-state index in [1.165, 1.54) is 11.1 Å². The Morgan fingerprint density at radius 3 is 1.93 bits per heavy atom. The summed E-state index contributed by atoms with van der Waals surface area (Å²) in [6, 6.07) is 6.30. The molecule has 1 radical (unpaired) electrons. The molecule has 0 N–H and O–H groups in total. The van der Waals surface area contributed by atoms with Crippen molar-refractivity contribution in [2.75, 3.05) is 0 Å². The minimum Gasteiger partial charge on any atom is -0.251 e. The molecule has 0 aliphatic heterocycles. The highest BCUT2D eigenvalue weighted by atomic mass is 14.7. The lowest BCUT2D eigenvalue weighted by Crippen LogP contribution is -2.05. The second-order valence-electron chi connectivity index (χ2n) is 4.82. The molecule has 75 valence electrons. The van der Waals surface area contributed by atoms with E-state index >= 15 is 0 Å². The van der Waals surface area contributed by atoms with Crippen LogP contribution in [0, 0.1) is 19.3 Å². The van der Waals surface area contributed by atoms with Crippen molar-refractivity contribution in [1.82, 2.24) is 0 Å². The minimum absolute atomic E-state index is 0.0254. The van der Waals surface area contributed by atoms with Crippen LogP contribution in [0.1, 0.15) is 31.9 Å². The quantitative estimate of drug-likeness (QED) is 0.592. The molecule has 1 heteroatoms. The molecule has 0 aliphatic carbocycles. The first-order valence-electron chi connectivity index (χ1n) is 4.93. The molecule has 0 atom stereocenters. The lowest BCUT2D eigenvalue weighted by molar-refractivity contribution is 0.607. The van der Waals surface area contributed by atoms with Gasteiger partial charge in [0.25, 0.3) is 0 Å². The van der Waals surface area contributed by atoms with Gasteiger partial charge >= 0.3 is 0 Å². The largest absolute Gasteiger partial charge is 0.251 e. The molecule has 0 amide bonds. The van der Waals surface area contributed by atoms with Gasteiger partial charge in [-0.3, -0.25) is 4.99 Å². The zero-order valence-electron chi connectivity index (χ0n) is 9.68. The summed E-state index contributed by atoms with van der Waals surface area (Å²) in [5, 5.41) is 0. The topological polar surface area (TPSA) is 12.4 Å². The summed E-state index contributed by atoms with van der Waals surface area (Å²) in [7, 11) is 0. The maximum Gasteiger partial charge on any atom is 0.0684 e. The molecule has 0 saturated carbocycles. The fourth-order valence-electron chi connectivity index (χ4n) is 1.25. The third-order valence-electron chi connectivity index (χ3n) is 1.73. The summed E-state index contributed by atoms with van der Waals surface area (Å²) in [6.07, 6.45) is 3.12. The van der Waals surface area contributed by atoms with Gasteiger partial charge in [-0.2, -0.15) is 0 Å². The molecule has 1 aromatic carbocycles. The van der Waals surface area contributed by atoms with Crippen LogP contribution in [0.2, 0.25) is 0 Å². The van der Waals surface area contributed by atoms with Crippen LogP contribution in [0.4, 0.5) is 5.69 Å². The Morgan fingerprint density at radius 1 is 1.00 bits per heavy atom. The third kappa shape index (κ3) is 3.73. The third-order valence-corrected chi connectivity index (χ3v) is 1.73. The van der Waals surface area contributed by atoms with Crippen LogP contribution in [0.15, 0.2) is 23.2 Å². The van der Waals surface area contributed by atoms with Crippen molar-refractivity contribution < 1.29 is 0 Å². The summed E-state index contributed by atoms with van der Waals surface area (Å²) >= 11 is 0.